The Bertz CT molecular complexity index is 290. The van der Waals surface area contributed by atoms with E-state index in [1.807, 2.05) is 6.08 Å². The molecule has 0 aromatic carbocycles. The van der Waals surface area contributed by atoms with Gasteiger partial charge in [-0.05, 0) is 32.6 Å². The van der Waals surface area contributed by atoms with E-state index < -0.39 is 5.97 Å². The van der Waals surface area contributed by atoms with Crippen molar-refractivity contribution in [3.63, 3.8) is 0 Å². The molecule has 0 aromatic heterocycles. The number of ether oxygens (including phenoxy) is 1. The number of hydrogen-bond donors (Lipinski definition) is 1. The molecule has 0 fully saturated rings. The van der Waals surface area contributed by atoms with Crippen LogP contribution in [-0.4, -0.2) is 23.8 Å². The third-order valence-electron chi connectivity index (χ3n) is 3.05. The third-order valence-corrected chi connectivity index (χ3v) is 3.05. The van der Waals surface area contributed by atoms with Crippen molar-refractivity contribution < 1.29 is 14.6 Å². The molecule has 0 aromatic rings. The smallest absolute Gasteiger partial charge is 0.328 e. The number of carbonyl (C=O) groups is 1. The lowest BCUT2D eigenvalue weighted by molar-refractivity contribution is -0.131. The van der Waals surface area contributed by atoms with E-state index in [4.69, 9.17) is 9.84 Å². The summed E-state index contributed by atoms with van der Waals surface area (Å²) < 4.78 is 5.38. The molecule has 3 heteroatoms. The van der Waals surface area contributed by atoms with Crippen LogP contribution in [0.5, 0.6) is 0 Å². The highest BCUT2D eigenvalue weighted by atomic mass is 16.5. The van der Waals surface area contributed by atoms with Gasteiger partial charge >= 0.3 is 5.97 Å². The van der Waals surface area contributed by atoms with Gasteiger partial charge in [-0.3, -0.25) is 0 Å². The Hall–Kier alpha value is -1.09. The summed E-state index contributed by atoms with van der Waals surface area (Å²) in [6.45, 7) is 6.42. The number of carboxylic acids is 1. The van der Waals surface area contributed by atoms with Gasteiger partial charge in [-0.1, -0.05) is 38.0 Å². The maximum Gasteiger partial charge on any atom is 0.328 e. The van der Waals surface area contributed by atoms with Crippen LogP contribution in [-0.2, 0) is 9.53 Å². The number of aliphatic carboxylic acids is 1. The summed E-state index contributed by atoms with van der Waals surface area (Å²) in [4.78, 5) is 10.2. The summed E-state index contributed by atoms with van der Waals surface area (Å²) in [5.41, 5.74) is -0.0280. The fourth-order valence-electron chi connectivity index (χ4n) is 1.62. The third kappa shape index (κ3) is 10.1. The molecule has 0 saturated heterocycles. The van der Waals surface area contributed by atoms with Crippen LogP contribution in [0.4, 0.5) is 0 Å². The van der Waals surface area contributed by atoms with Crippen molar-refractivity contribution >= 4 is 5.97 Å². The van der Waals surface area contributed by atoms with Gasteiger partial charge in [-0.15, -0.1) is 0 Å². The van der Waals surface area contributed by atoms with Crippen LogP contribution < -0.4 is 0 Å². The average molecular weight is 254 g/mol. The predicted molar refractivity (Wildman–Crippen MR) is 74.6 cm³/mol. The number of methoxy groups -OCH3 is 1. The lowest BCUT2D eigenvalue weighted by Crippen LogP contribution is -2.22. The van der Waals surface area contributed by atoms with Crippen molar-refractivity contribution in [1.82, 2.24) is 0 Å². The Kier molecular flexibility index (Phi) is 8.38. The number of rotatable bonds is 9. The van der Waals surface area contributed by atoms with E-state index in [2.05, 4.69) is 20.8 Å². The van der Waals surface area contributed by atoms with Gasteiger partial charge in [0.05, 0.1) is 5.60 Å². The highest BCUT2D eigenvalue weighted by molar-refractivity contribution is 5.80. The second-order valence-electron chi connectivity index (χ2n) is 5.32. The SMILES string of the molecule is COC(C)(C)CCC[C@H](C)C/C=C/C=C/C(=O)O. The Morgan fingerprint density at radius 2 is 2.06 bits per heavy atom. The minimum absolute atomic E-state index is 0.0280. The molecule has 0 unspecified atom stereocenters. The quantitative estimate of drug-likeness (QED) is 0.503. The second kappa shape index (κ2) is 8.92. The number of hydrogen-bond acceptors (Lipinski definition) is 2. The zero-order chi connectivity index (χ0) is 14.0. The Morgan fingerprint density at radius 3 is 2.61 bits per heavy atom. The molecule has 0 aliphatic rings. The molecular weight excluding hydrogens is 228 g/mol. The lowest BCUT2D eigenvalue weighted by atomic mass is 9.95. The van der Waals surface area contributed by atoms with Gasteiger partial charge in [0.25, 0.3) is 0 Å². The first-order chi connectivity index (χ1) is 8.37. The van der Waals surface area contributed by atoms with E-state index in [1.165, 1.54) is 6.42 Å². The standard InChI is InChI=1S/C15H26O3/c1-13(9-6-5-7-11-14(16)17)10-8-12-15(2,3)18-4/h5-7,11,13H,8-10,12H2,1-4H3,(H,16,17)/b6-5+,11-7+/t13-/m1/s1. The van der Waals surface area contributed by atoms with Crippen LogP contribution >= 0.6 is 0 Å². The van der Waals surface area contributed by atoms with Crippen LogP contribution in [0.3, 0.4) is 0 Å². The van der Waals surface area contributed by atoms with E-state index in [0.29, 0.717) is 5.92 Å². The number of carboxylic acid groups (broad SMARTS) is 1. The van der Waals surface area contributed by atoms with E-state index in [-0.39, 0.29) is 5.60 Å². The first-order valence-corrected chi connectivity index (χ1v) is 6.48. The van der Waals surface area contributed by atoms with Gasteiger partial charge in [-0.2, -0.15) is 0 Å². The molecule has 0 saturated carbocycles. The summed E-state index contributed by atoms with van der Waals surface area (Å²) in [6.07, 6.45) is 10.9. The summed E-state index contributed by atoms with van der Waals surface area (Å²) >= 11 is 0. The van der Waals surface area contributed by atoms with Gasteiger partial charge in [0, 0.05) is 13.2 Å². The van der Waals surface area contributed by atoms with Gasteiger partial charge in [0.15, 0.2) is 0 Å². The average Bonchev–Trinajstić information content (AvgIpc) is 2.28. The number of allylic oxidation sites excluding steroid dienone is 3. The molecule has 3 nitrogen and oxygen atoms in total. The van der Waals surface area contributed by atoms with Crippen LogP contribution in [0.25, 0.3) is 0 Å². The highest BCUT2D eigenvalue weighted by Gasteiger charge is 2.15. The molecule has 0 amide bonds. The van der Waals surface area contributed by atoms with E-state index in [0.717, 1.165) is 25.3 Å². The first kappa shape index (κ1) is 16.9. The monoisotopic (exact) mass is 254 g/mol. The van der Waals surface area contributed by atoms with E-state index >= 15 is 0 Å². The van der Waals surface area contributed by atoms with Gasteiger partial charge in [-0.25, -0.2) is 4.79 Å². The minimum Gasteiger partial charge on any atom is -0.478 e. The van der Waals surface area contributed by atoms with Crippen molar-refractivity contribution in [1.29, 1.82) is 0 Å². The van der Waals surface area contributed by atoms with Gasteiger partial charge in [0.1, 0.15) is 0 Å². The maximum atomic E-state index is 10.2. The molecule has 1 N–H and O–H groups in total. The maximum absolute atomic E-state index is 10.2. The topological polar surface area (TPSA) is 46.5 Å². The van der Waals surface area contributed by atoms with E-state index in [9.17, 15) is 4.79 Å². The van der Waals surface area contributed by atoms with Gasteiger partial charge < -0.3 is 9.84 Å². The molecule has 0 aliphatic carbocycles. The lowest BCUT2D eigenvalue weighted by Gasteiger charge is -2.23. The highest BCUT2D eigenvalue weighted by Crippen LogP contribution is 2.20. The molecule has 104 valence electrons. The van der Waals surface area contributed by atoms with Crippen molar-refractivity contribution in [3.8, 4) is 0 Å². The molecule has 0 heterocycles. The van der Waals surface area contributed by atoms with Crippen molar-refractivity contribution in [2.45, 2.75) is 52.1 Å². The minimum atomic E-state index is -0.908. The molecular formula is C15H26O3. The molecule has 0 rings (SSSR count). The largest absolute Gasteiger partial charge is 0.478 e. The van der Waals surface area contributed by atoms with Crippen LogP contribution in [0.2, 0.25) is 0 Å². The second-order valence-corrected chi connectivity index (χ2v) is 5.32. The summed E-state index contributed by atoms with van der Waals surface area (Å²) in [5, 5.41) is 8.41. The van der Waals surface area contributed by atoms with Crippen molar-refractivity contribution in [3.05, 3.63) is 24.3 Å². The summed E-state index contributed by atoms with van der Waals surface area (Å²) in [7, 11) is 1.75. The van der Waals surface area contributed by atoms with Crippen LogP contribution in [0.15, 0.2) is 24.3 Å². The molecule has 18 heavy (non-hydrogen) atoms. The summed E-state index contributed by atoms with van der Waals surface area (Å²) in [6, 6.07) is 0. The van der Waals surface area contributed by atoms with Crippen LogP contribution in [0, 0.1) is 5.92 Å². The zero-order valence-electron chi connectivity index (χ0n) is 12.0. The first-order valence-electron chi connectivity index (χ1n) is 6.48. The Labute approximate surface area is 111 Å². The van der Waals surface area contributed by atoms with Crippen molar-refractivity contribution in [2.75, 3.05) is 7.11 Å². The zero-order valence-corrected chi connectivity index (χ0v) is 12.0. The molecule has 0 radical (unpaired) electrons. The van der Waals surface area contributed by atoms with Crippen LogP contribution in [0.1, 0.15) is 46.5 Å². The van der Waals surface area contributed by atoms with Crippen molar-refractivity contribution in [2.24, 2.45) is 5.92 Å². The predicted octanol–water partition coefficient (Wildman–Crippen LogP) is 3.80. The molecule has 0 spiro atoms. The normalized spacial score (nSPS) is 14.4. The Balaban J connectivity index is 3.72. The fraction of sp³-hybridized carbons (Fsp3) is 0.667. The fourth-order valence-corrected chi connectivity index (χ4v) is 1.62. The van der Waals surface area contributed by atoms with Gasteiger partial charge in [0.2, 0.25) is 0 Å². The molecule has 1 atom stereocenters. The molecule has 0 aliphatic heterocycles. The molecule has 0 bridgehead atoms. The van der Waals surface area contributed by atoms with E-state index in [1.54, 1.807) is 19.3 Å². The summed E-state index contributed by atoms with van der Waals surface area (Å²) in [5.74, 6) is -0.290. The Morgan fingerprint density at radius 1 is 1.39 bits per heavy atom.